The van der Waals surface area contributed by atoms with E-state index >= 15 is 0 Å². The fraction of sp³-hybridized carbons (Fsp3) is 0.462. The van der Waals surface area contributed by atoms with E-state index < -0.39 is 5.97 Å². The maximum absolute atomic E-state index is 11.3. The summed E-state index contributed by atoms with van der Waals surface area (Å²) in [7, 11) is 1.34. The van der Waals surface area contributed by atoms with E-state index in [0.717, 1.165) is 18.7 Å². The molecule has 1 aliphatic rings. The lowest BCUT2D eigenvalue weighted by atomic mass is 10.1. The molecule has 1 aromatic heterocycles. The predicted octanol–water partition coefficient (Wildman–Crippen LogP) is 1.16. The molecule has 2 rings (SSSR count). The number of hydrogen-bond acceptors (Lipinski definition) is 5. The van der Waals surface area contributed by atoms with Crippen molar-refractivity contribution in [1.29, 1.82) is 0 Å². The summed E-state index contributed by atoms with van der Waals surface area (Å²) in [5.41, 5.74) is 5.72. The average molecular weight is 250 g/mol. The molecule has 98 valence electrons. The van der Waals surface area contributed by atoms with Crippen molar-refractivity contribution >= 4 is 5.97 Å². The summed E-state index contributed by atoms with van der Waals surface area (Å²) >= 11 is 0. The van der Waals surface area contributed by atoms with Crippen LogP contribution in [0.2, 0.25) is 0 Å². The van der Waals surface area contributed by atoms with Crippen molar-refractivity contribution in [2.24, 2.45) is 5.73 Å². The van der Waals surface area contributed by atoms with E-state index in [0.29, 0.717) is 13.1 Å². The summed E-state index contributed by atoms with van der Waals surface area (Å²) in [6.07, 6.45) is 5.28. The van der Waals surface area contributed by atoms with Gasteiger partial charge in [0.05, 0.1) is 13.7 Å². The van der Waals surface area contributed by atoms with Crippen molar-refractivity contribution in [3.63, 3.8) is 0 Å². The number of carbonyl (C=O) groups is 1. The van der Waals surface area contributed by atoms with Crippen LogP contribution >= 0.6 is 0 Å². The molecule has 0 saturated heterocycles. The van der Waals surface area contributed by atoms with Crippen molar-refractivity contribution in [1.82, 2.24) is 4.90 Å². The van der Waals surface area contributed by atoms with Crippen LogP contribution in [0.3, 0.4) is 0 Å². The number of methoxy groups -OCH3 is 1. The number of hydrogen-bond donors (Lipinski definition) is 1. The molecule has 1 atom stereocenters. The molecule has 0 amide bonds. The second-order valence-electron chi connectivity index (χ2n) is 4.25. The van der Waals surface area contributed by atoms with Gasteiger partial charge in [-0.15, -0.1) is 0 Å². The van der Waals surface area contributed by atoms with Crippen LogP contribution in [-0.4, -0.2) is 37.1 Å². The molecule has 18 heavy (non-hydrogen) atoms. The molecule has 0 aromatic carbocycles. The molecule has 2 N–H and O–H groups in total. The molecule has 0 aliphatic carbocycles. The summed E-state index contributed by atoms with van der Waals surface area (Å²) in [6, 6.07) is 3.68. The third-order valence-corrected chi connectivity index (χ3v) is 3.06. The van der Waals surface area contributed by atoms with Gasteiger partial charge in [0.2, 0.25) is 5.76 Å². The number of furan rings is 1. The van der Waals surface area contributed by atoms with Gasteiger partial charge in [-0.05, 0) is 18.6 Å². The Morgan fingerprint density at radius 3 is 3.17 bits per heavy atom. The molecule has 0 spiro atoms. The van der Waals surface area contributed by atoms with E-state index in [2.05, 4.69) is 21.8 Å². The van der Waals surface area contributed by atoms with Gasteiger partial charge in [-0.3, -0.25) is 4.90 Å². The number of esters is 1. The first-order valence-electron chi connectivity index (χ1n) is 6.02. The normalized spacial score (nSPS) is 20.0. The minimum atomic E-state index is -0.449. The van der Waals surface area contributed by atoms with Gasteiger partial charge >= 0.3 is 5.97 Å². The lowest BCUT2D eigenvalue weighted by Crippen LogP contribution is -2.41. The number of ether oxygens (including phenoxy) is 1. The quantitative estimate of drug-likeness (QED) is 0.641. The van der Waals surface area contributed by atoms with Crippen molar-refractivity contribution in [2.45, 2.75) is 19.0 Å². The van der Waals surface area contributed by atoms with Crippen molar-refractivity contribution in [3.8, 4) is 0 Å². The summed E-state index contributed by atoms with van der Waals surface area (Å²) in [6.45, 7) is 2.19. The van der Waals surface area contributed by atoms with E-state index in [1.807, 2.05) is 0 Å². The van der Waals surface area contributed by atoms with Crippen LogP contribution in [0.1, 0.15) is 22.7 Å². The van der Waals surface area contributed by atoms with E-state index in [-0.39, 0.29) is 11.8 Å². The largest absolute Gasteiger partial charge is 0.463 e. The molecular weight excluding hydrogens is 232 g/mol. The first kappa shape index (κ1) is 12.9. The van der Waals surface area contributed by atoms with E-state index in [1.165, 1.54) is 7.11 Å². The summed E-state index contributed by atoms with van der Waals surface area (Å²) in [4.78, 5) is 13.5. The zero-order valence-electron chi connectivity index (χ0n) is 10.5. The Balaban J connectivity index is 2.02. The van der Waals surface area contributed by atoms with Gasteiger partial charge in [0.25, 0.3) is 0 Å². The second kappa shape index (κ2) is 5.84. The Morgan fingerprint density at radius 1 is 1.61 bits per heavy atom. The Hall–Kier alpha value is -1.59. The van der Waals surface area contributed by atoms with Crippen LogP contribution in [-0.2, 0) is 11.3 Å². The van der Waals surface area contributed by atoms with Crippen LogP contribution in [0.15, 0.2) is 28.7 Å². The maximum atomic E-state index is 11.3. The van der Waals surface area contributed by atoms with E-state index in [9.17, 15) is 4.79 Å². The molecule has 5 heteroatoms. The first-order valence-corrected chi connectivity index (χ1v) is 6.02. The van der Waals surface area contributed by atoms with Crippen molar-refractivity contribution in [3.05, 3.63) is 35.8 Å². The molecule has 0 radical (unpaired) electrons. The van der Waals surface area contributed by atoms with Gasteiger partial charge in [-0.2, -0.15) is 0 Å². The van der Waals surface area contributed by atoms with Gasteiger partial charge in [0.15, 0.2) is 0 Å². The number of rotatable bonds is 4. The molecule has 2 heterocycles. The summed E-state index contributed by atoms with van der Waals surface area (Å²) in [5, 5.41) is 0. The van der Waals surface area contributed by atoms with Crippen LogP contribution in [0.4, 0.5) is 0 Å². The monoisotopic (exact) mass is 250 g/mol. The first-order chi connectivity index (χ1) is 8.74. The molecule has 1 aromatic rings. The van der Waals surface area contributed by atoms with Crippen LogP contribution in [0.5, 0.6) is 0 Å². The Morgan fingerprint density at radius 2 is 2.44 bits per heavy atom. The molecule has 0 saturated carbocycles. The molecule has 5 nitrogen and oxygen atoms in total. The highest BCUT2D eigenvalue weighted by molar-refractivity contribution is 5.86. The van der Waals surface area contributed by atoms with E-state index in [4.69, 9.17) is 10.2 Å². The second-order valence-corrected chi connectivity index (χ2v) is 4.25. The van der Waals surface area contributed by atoms with Crippen molar-refractivity contribution < 1.29 is 13.9 Å². The number of nitrogens with zero attached hydrogens (tertiary/aromatic N) is 1. The zero-order chi connectivity index (χ0) is 13.0. The third-order valence-electron chi connectivity index (χ3n) is 3.06. The molecule has 0 fully saturated rings. The molecule has 1 unspecified atom stereocenters. The summed E-state index contributed by atoms with van der Waals surface area (Å²) in [5.74, 6) is 0.545. The van der Waals surface area contributed by atoms with Gasteiger partial charge in [0.1, 0.15) is 5.76 Å². The van der Waals surface area contributed by atoms with E-state index in [1.54, 1.807) is 12.1 Å². The lowest BCUT2D eigenvalue weighted by molar-refractivity contribution is 0.0560. The Bertz CT molecular complexity index is 439. The van der Waals surface area contributed by atoms with Crippen LogP contribution < -0.4 is 5.73 Å². The number of nitrogens with two attached hydrogens (primary N) is 1. The minimum absolute atomic E-state index is 0.240. The Kier molecular flexibility index (Phi) is 4.17. The van der Waals surface area contributed by atoms with Crippen molar-refractivity contribution in [2.75, 3.05) is 20.2 Å². The number of carbonyl (C=O) groups excluding carboxylic acids is 1. The predicted molar refractivity (Wildman–Crippen MR) is 67.1 cm³/mol. The highest BCUT2D eigenvalue weighted by Crippen LogP contribution is 2.16. The van der Waals surface area contributed by atoms with Gasteiger partial charge < -0.3 is 14.9 Å². The average Bonchev–Trinajstić information content (AvgIpc) is 2.87. The SMILES string of the molecule is COC(=O)c1ccc(CN2CCC=CC2CN)o1. The smallest absolute Gasteiger partial charge is 0.373 e. The molecule has 0 bridgehead atoms. The van der Waals surface area contributed by atoms with Gasteiger partial charge in [-0.1, -0.05) is 12.2 Å². The zero-order valence-corrected chi connectivity index (χ0v) is 10.5. The molecular formula is C13H18N2O3. The summed E-state index contributed by atoms with van der Waals surface area (Å²) < 4.78 is 10.1. The minimum Gasteiger partial charge on any atom is -0.463 e. The highest BCUT2D eigenvalue weighted by atomic mass is 16.5. The molecule has 1 aliphatic heterocycles. The topological polar surface area (TPSA) is 68.7 Å². The standard InChI is InChI=1S/C13H18N2O3/c1-17-13(16)12-6-5-11(18-12)9-15-7-3-2-4-10(15)8-14/h2,4-6,10H,3,7-9,14H2,1H3. The fourth-order valence-corrected chi connectivity index (χ4v) is 2.08. The highest BCUT2D eigenvalue weighted by Gasteiger charge is 2.19. The fourth-order valence-electron chi connectivity index (χ4n) is 2.08. The third kappa shape index (κ3) is 2.80. The van der Waals surface area contributed by atoms with Gasteiger partial charge in [-0.25, -0.2) is 4.79 Å². The Labute approximate surface area is 106 Å². The van der Waals surface area contributed by atoms with Crippen LogP contribution in [0, 0.1) is 0 Å². The van der Waals surface area contributed by atoms with Gasteiger partial charge in [0, 0.05) is 19.1 Å². The maximum Gasteiger partial charge on any atom is 0.373 e. The lowest BCUT2D eigenvalue weighted by Gasteiger charge is -2.30. The van der Waals surface area contributed by atoms with Crippen LogP contribution in [0.25, 0.3) is 0 Å².